The molecule has 0 unspecified atom stereocenters. The summed E-state index contributed by atoms with van der Waals surface area (Å²) in [7, 11) is 0. The monoisotopic (exact) mass is 303 g/mol. The van der Waals surface area contributed by atoms with Gasteiger partial charge in [-0.25, -0.2) is 4.98 Å². The van der Waals surface area contributed by atoms with Crippen LogP contribution in [0.3, 0.4) is 0 Å². The average Bonchev–Trinajstić information content (AvgIpc) is 3.07. The number of thiocarbonyl (C=S) groups is 1. The maximum absolute atomic E-state index is 5.83. The van der Waals surface area contributed by atoms with Crippen LogP contribution in [-0.4, -0.2) is 16.5 Å². The average molecular weight is 303 g/mol. The van der Waals surface area contributed by atoms with Crippen LogP contribution in [0, 0.1) is 0 Å². The van der Waals surface area contributed by atoms with Gasteiger partial charge in [0, 0.05) is 17.1 Å². The fourth-order valence-electron chi connectivity index (χ4n) is 2.55. The molecule has 104 valence electrons. The summed E-state index contributed by atoms with van der Waals surface area (Å²) in [5.41, 5.74) is 9.21. The first kappa shape index (κ1) is 13.5. The molecule has 0 amide bonds. The number of fused-ring (bicyclic) bond motifs is 1. The largest absolute Gasteiger partial charge is 0.389 e. The summed E-state index contributed by atoms with van der Waals surface area (Å²) < 4.78 is 0. The maximum atomic E-state index is 5.83. The number of hydrogen-bond donors (Lipinski definition) is 2. The third kappa shape index (κ3) is 2.83. The summed E-state index contributed by atoms with van der Waals surface area (Å²) in [6.45, 7) is 0.849. The van der Waals surface area contributed by atoms with Crippen LogP contribution in [0.5, 0.6) is 0 Å². The van der Waals surface area contributed by atoms with Crippen LogP contribution in [-0.2, 0) is 19.3 Å². The summed E-state index contributed by atoms with van der Waals surface area (Å²) in [6.07, 6.45) is 4.32. The Morgan fingerprint density at radius 2 is 2.35 bits per heavy atom. The minimum absolute atomic E-state index is 0.422. The molecule has 2 aromatic heterocycles. The third-order valence-electron chi connectivity index (χ3n) is 3.56. The second-order valence-corrected chi connectivity index (χ2v) is 6.44. The van der Waals surface area contributed by atoms with Crippen molar-refractivity contribution in [3.8, 4) is 0 Å². The highest BCUT2D eigenvalue weighted by Gasteiger charge is 2.17. The van der Waals surface area contributed by atoms with Crippen LogP contribution in [0.25, 0.3) is 0 Å². The Kier molecular flexibility index (Phi) is 3.98. The van der Waals surface area contributed by atoms with Crippen LogP contribution in [0.15, 0.2) is 23.6 Å². The number of nitrogens with zero attached hydrogens (tertiary/aromatic N) is 1. The zero-order valence-corrected chi connectivity index (χ0v) is 12.8. The summed E-state index contributed by atoms with van der Waals surface area (Å²) in [5.74, 6) is 0.842. The zero-order valence-electron chi connectivity index (χ0n) is 11.2. The van der Waals surface area contributed by atoms with E-state index in [0.29, 0.717) is 4.99 Å². The van der Waals surface area contributed by atoms with Gasteiger partial charge in [0.15, 0.2) is 0 Å². The number of nitrogens with two attached hydrogens (primary N) is 1. The van der Waals surface area contributed by atoms with E-state index in [-0.39, 0.29) is 0 Å². The Bertz CT molecular complexity index is 620. The van der Waals surface area contributed by atoms with Crippen LogP contribution >= 0.6 is 23.6 Å². The van der Waals surface area contributed by atoms with Crippen LogP contribution < -0.4 is 11.1 Å². The van der Waals surface area contributed by atoms with Gasteiger partial charge in [-0.1, -0.05) is 18.3 Å². The molecule has 2 heterocycles. The Labute approximate surface area is 128 Å². The van der Waals surface area contributed by atoms with Crippen molar-refractivity contribution >= 4 is 34.4 Å². The van der Waals surface area contributed by atoms with Gasteiger partial charge in [0.1, 0.15) is 10.8 Å². The number of aromatic nitrogens is 1. The second-order valence-electron chi connectivity index (χ2n) is 4.96. The fraction of sp³-hybridized carbons (Fsp3) is 0.333. The third-order valence-corrected chi connectivity index (χ3v) is 4.72. The molecule has 0 spiro atoms. The molecule has 0 saturated carbocycles. The Balaban J connectivity index is 1.75. The van der Waals surface area contributed by atoms with E-state index in [9.17, 15) is 0 Å². The van der Waals surface area contributed by atoms with Gasteiger partial charge in [0.05, 0.1) is 5.56 Å². The lowest BCUT2D eigenvalue weighted by atomic mass is 10.1. The molecule has 3 rings (SSSR count). The SMILES string of the molecule is NC(=S)c1cc2c(nc1NCCc1cccs1)CCC2. The van der Waals surface area contributed by atoms with Gasteiger partial charge in [-0.15, -0.1) is 11.3 Å². The van der Waals surface area contributed by atoms with Gasteiger partial charge in [-0.3, -0.25) is 0 Å². The fourth-order valence-corrected chi connectivity index (χ4v) is 3.42. The molecule has 0 aromatic carbocycles. The molecule has 0 fully saturated rings. The maximum Gasteiger partial charge on any atom is 0.136 e. The van der Waals surface area contributed by atoms with E-state index < -0.39 is 0 Å². The number of anilines is 1. The highest BCUT2D eigenvalue weighted by Crippen LogP contribution is 2.25. The first-order valence-electron chi connectivity index (χ1n) is 6.83. The van der Waals surface area contributed by atoms with Gasteiger partial charge in [0.2, 0.25) is 0 Å². The van der Waals surface area contributed by atoms with Crippen molar-refractivity contribution in [2.24, 2.45) is 5.73 Å². The molecule has 1 aliphatic rings. The first-order chi connectivity index (χ1) is 9.74. The molecule has 5 heteroatoms. The van der Waals surface area contributed by atoms with Gasteiger partial charge in [-0.05, 0) is 48.8 Å². The summed E-state index contributed by atoms with van der Waals surface area (Å²) in [4.78, 5) is 6.51. The van der Waals surface area contributed by atoms with E-state index in [2.05, 4.69) is 28.9 Å². The molecule has 2 aromatic rings. The van der Waals surface area contributed by atoms with E-state index in [1.54, 1.807) is 11.3 Å². The molecular formula is C15H17N3S2. The molecule has 0 radical (unpaired) electrons. The Morgan fingerprint density at radius 1 is 1.45 bits per heavy atom. The zero-order chi connectivity index (χ0) is 13.9. The number of pyridine rings is 1. The van der Waals surface area contributed by atoms with Crippen molar-refractivity contribution in [2.45, 2.75) is 25.7 Å². The molecule has 3 N–H and O–H groups in total. The standard InChI is InChI=1S/C15H17N3S2/c16-14(19)12-9-10-3-1-5-13(10)18-15(12)17-7-6-11-4-2-8-20-11/h2,4,8-9H,1,3,5-7H2,(H2,16,19)(H,17,18). The Morgan fingerprint density at radius 3 is 3.10 bits per heavy atom. The lowest BCUT2D eigenvalue weighted by Gasteiger charge is -2.12. The molecule has 0 saturated heterocycles. The highest BCUT2D eigenvalue weighted by atomic mass is 32.1. The van der Waals surface area contributed by atoms with E-state index in [4.69, 9.17) is 22.9 Å². The van der Waals surface area contributed by atoms with Crippen molar-refractivity contribution in [1.29, 1.82) is 0 Å². The lowest BCUT2D eigenvalue weighted by Crippen LogP contribution is -2.17. The molecule has 20 heavy (non-hydrogen) atoms. The lowest BCUT2D eigenvalue weighted by molar-refractivity contribution is 0.898. The molecule has 3 nitrogen and oxygen atoms in total. The summed E-state index contributed by atoms with van der Waals surface area (Å²) >= 11 is 6.93. The molecular weight excluding hydrogens is 286 g/mol. The number of thiophene rings is 1. The quantitative estimate of drug-likeness (QED) is 0.834. The number of nitrogens with one attached hydrogen (secondary N) is 1. The summed E-state index contributed by atoms with van der Waals surface area (Å²) in [5, 5.41) is 5.49. The van der Waals surface area contributed by atoms with Gasteiger partial charge < -0.3 is 11.1 Å². The smallest absolute Gasteiger partial charge is 0.136 e. The number of rotatable bonds is 5. The van der Waals surface area contributed by atoms with Crippen LogP contribution in [0.4, 0.5) is 5.82 Å². The first-order valence-corrected chi connectivity index (χ1v) is 8.11. The topological polar surface area (TPSA) is 50.9 Å². The van der Waals surface area contributed by atoms with E-state index in [0.717, 1.165) is 37.2 Å². The van der Waals surface area contributed by atoms with Crippen molar-refractivity contribution in [3.63, 3.8) is 0 Å². The van der Waals surface area contributed by atoms with Crippen molar-refractivity contribution in [2.75, 3.05) is 11.9 Å². The van der Waals surface area contributed by atoms with E-state index in [1.807, 2.05) is 0 Å². The Hall–Kier alpha value is -1.46. The molecule has 0 aliphatic heterocycles. The van der Waals surface area contributed by atoms with Gasteiger partial charge >= 0.3 is 0 Å². The molecule has 0 bridgehead atoms. The minimum atomic E-state index is 0.422. The normalized spacial score (nSPS) is 13.2. The van der Waals surface area contributed by atoms with Crippen molar-refractivity contribution in [1.82, 2.24) is 4.98 Å². The van der Waals surface area contributed by atoms with E-state index >= 15 is 0 Å². The summed E-state index contributed by atoms with van der Waals surface area (Å²) in [6, 6.07) is 6.34. The van der Waals surface area contributed by atoms with Gasteiger partial charge in [-0.2, -0.15) is 0 Å². The van der Waals surface area contributed by atoms with Crippen molar-refractivity contribution in [3.05, 3.63) is 45.3 Å². The number of aryl methyl sites for hydroxylation is 2. The van der Waals surface area contributed by atoms with E-state index in [1.165, 1.54) is 22.6 Å². The second kappa shape index (κ2) is 5.89. The molecule has 0 atom stereocenters. The van der Waals surface area contributed by atoms with Gasteiger partial charge in [0.25, 0.3) is 0 Å². The predicted octanol–water partition coefficient (Wildman–Crippen LogP) is 2.92. The highest BCUT2D eigenvalue weighted by molar-refractivity contribution is 7.80. The predicted molar refractivity (Wildman–Crippen MR) is 88.7 cm³/mol. The minimum Gasteiger partial charge on any atom is -0.389 e. The number of hydrogen-bond acceptors (Lipinski definition) is 4. The molecule has 1 aliphatic carbocycles. The van der Waals surface area contributed by atoms with Crippen LogP contribution in [0.2, 0.25) is 0 Å². The van der Waals surface area contributed by atoms with Crippen LogP contribution in [0.1, 0.15) is 28.1 Å². The van der Waals surface area contributed by atoms with Crippen molar-refractivity contribution < 1.29 is 0 Å².